The number of nitrogens with one attached hydrogen (secondary N) is 1. The van der Waals surface area contributed by atoms with Crippen LogP contribution in [0, 0.1) is 0 Å². The molecule has 7 heteroatoms. The summed E-state index contributed by atoms with van der Waals surface area (Å²) in [6.45, 7) is 0. The molecule has 0 aromatic rings. The summed E-state index contributed by atoms with van der Waals surface area (Å²) < 4.78 is 21.6. The van der Waals surface area contributed by atoms with Crippen LogP contribution in [-0.4, -0.2) is 8.32 Å². The molecular formula is CHI3NO2S-. The van der Waals surface area contributed by atoms with E-state index in [4.69, 9.17) is 0 Å². The Morgan fingerprint density at radius 2 is 1.88 bits per heavy atom. The van der Waals surface area contributed by atoms with E-state index in [1.807, 2.05) is 67.8 Å². The lowest BCUT2D eigenvalue weighted by atomic mass is 11.6. The highest BCUT2D eigenvalue weighted by Gasteiger charge is 2.14. The quantitative estimate of drug-likeness (QED) is 0.286. The van der Waals surface area contributed by atoms with Crippen molar-refractivity contribution in [3.8, 4) is 0 Å². The van der Waals surface area contributed by atoms with Gasteiger partial charge in [0.05, 0.1) is 0 Å². The second-order valence-electron chi connectivity index (χ2n) is 0.835. The molecule has 0 bridgehead atoms. The number of halogens is 3. The predicted octanol–water partition coefficient (Wildman–Crippen LogP) is 1.29. The molecule has 0 aromatic carbocycles. The Bertz CT molecular complexity index is 99.9. The van der Waals surface area contributed by atoms with Crippen LogP contribution in [0.2, 0.25) is 0 Å². The van der Waals surface area contributed by atoms with Crippen LogP contribution in [0.25, 0.3) is 0 Å². The average Bonchev–Trinajstić information content (AvgIpc) is 1.21. The van der Waals surface area contributed by atoms with Crippen LogP contribution >= 0.6 is 67.8 Å². The van der Waals surface area contributed by atoms with Gasteiger partial charge in [0.25, 0.3) is 0 Å². The standard InChI is InChI=1S/CH2I3NO2S/c2-1(3,4)5-8(6)7/h5H,(H,6,7)/p-1. The summed E-state index contributed by atoms with van der Waals surface area (Å²) in [4.78, 5) is 0. The summed E-state index contributed by atoms with van der Waals surface area (Å²) in [6, 6.07) is 0. The molecular weight excluding hydrogens is 471 g/mol. The van der Waals surface area contributed by atoms with E-state index in [0.29, 0.717) is 0 Å². The van der Waals surface area contributed by atoms with Crippen LogP contribution < -0.4 is 4.72 Å². The molecule has 0 radical (unpaired) electrons. The first-order valence-electron chi connectivity index (χ1n) is 1.35. The van der Waals surface area contributed by atoms with Gasteiger partial charge in [0.15, 0.2) is -0.441 Å². The fourth-order valence-corrected chi connectivity index (χ4v) is 1.90. The van der Waals surface area contributed by atoms with Crippen LogP contribution in [0.3, 0.4) is 0 Å². The van der Waals surface area contributed by atoms with Crippen molar-refractivity contribution in [1.82, 2.24) is 4.72 Å². The SMILES string of the molecule is O=S([O-])NC(I)(I)I. The van der Waals surface area contributed by atoms with Crippen molar-refractivity contribution in [2.45, 2.75) is -0.441 Å². The van der Waals surface area contributed by atoms with Gasteiger partial charge in [-0.15, -0.1) is 0 Å². The monoisotopic (exact) mass is 472 g/mol. The maximum Gasteiger partial charge on any atom is 0.183 e. The van der Waals surface area contributed by atoms with Gasteiger partial charge in [-0.25, -0.2) is 4.72 Å². The minimum atomic E-state index is -2.16. The first-order chi connectivity index (χ1) is 3.42. The molecule has 1 N–H and O–H groups in total. The number of hydrogen-bond donors (Lipinski definition) is 1. The smallest absolute Gasteiger partial charge is 0.183 e. The van der Waals surface area contributed by atoms with Crippen molar-refractivity contribution in [3.63, 3.8) is 0 Å². The Balaban J connectivity index is 3.55. The molecule has 0 aliphatic rings. The Hall–Kier alpha value is 2.26. The minimum Gasteiger partial charge on any atom is -0.760 e. The Morgan fingerprint density at radius 3 is 1.88 bits per heavy atom. The highest BCUT2D eigenvalue weighted by molar-refractivity contribution is 14.3. The largest absolute Gasteiger partial charge is 0.760 e. The zero-order valence-corrected chi connectivity index (χ0v) is 10.6. The van der Waals surface area contributed by atoms with Crippen LogP contribution in [0.1, 0.15) is 0 Å². The van der Waals surface area contributed by atoms with E-state index in [2.05, 4.69) is 4.72 Å². The number of rotatable bonds is 2. The van der Waals surface area contributed by atoms with E-state index in [1.165, 1.54) is 0 Å². The van der Waals surface area contributed by atoms with Crippen molar-refractivity contribution < 1.29 is 8.76 Å². The summed E-state index contributed by atoms with van der Waals surface area (Å²) in [5, 5.41) is 0. The molecule has 1 unspecified atom stereocenters. The molecule has 0 aromatic heterocycles. The molecule has 0 fully saturated rings. The molecule has 8 heavy (non-hydrogen) atoms. The number of alkyl halides is 3. The van der Waals surface area contributed by atoms with E-state index in [1.54, 1.807) is 0 Å². The van der Waals surface area contributed by atoms with Gasteiger partial charge < -0.3 is 4.55 Å². The van der Waals surface area contributed by atoms with E-state index >= 15 is 0 Å². The molecule has 0 aliphatic carbocycles. The van der Waals surface area contributed by atoms with E-state index < -0.39 is 10.8 Å². The minimum absolute atomic E-state index is 0.431. The summed E-state index contributed by atoms with van der Waals surface area (Å²) >= 11 is 3.73. The lowest BCUT2D eigenvalue weighted by Gasteiger charge is -2.15. The number of hydrogen-bond acceptors (Lipinski definition) is 2. The fourth-order valence-electron chi connectivity index (χ4n) is 0.0945. The van der Waals surface area contributed by atoms with Crippen molar-refractivity contribution in [3.05, 3.63) is 0 Å². The van der Waals surface area contributed by atoms with Gasteiger partial charge in [-0.05, 0) is 67.8 Å². The third-order valence-corrected chi connectivity index (χ3v) is 2.58. The summed E-state index contributed by atoms with van der Waals surface area (Å²) in [7, 11) is 0. The lowest BCUT2D eigenvalue weighted by Crippen LogP contribution is -2.27. The van der Waals surface area contributed by atoms with Crippen molar-refractivity contribution in [1.29, 1.82) is 0 Å². The maximum absolute atomic E-state index is 9.89. The first kappa shape index (κ1) is 10.3. The molecule has 3 nitrogen and oxygen atoms in total. The lowest BCUT2D eigenvalue weighted by molar-refractivity contribution is 0.527. The summed E-state index contributed by atoms with van der Waals surface area (Å²) in [5.74, 6) is 0. The molecule has 50 valence electrons. The molecule has 0 spiro atoms. The Labute approximate surface area is 90.6 Å². The molecule has 0 saturated heterocycles. The first-order valence-corrected chi connectivity index (χ1v) is 5.67. The molecule has 0 heterocycles. The van der Waals surface area contributed by atoms with E-state index in [9.17, 15) is 8.76 Å². The van der Waals surface area contributed by atoms with Crippen LogP contribution in [-0.2, 0) is 11.3 Å². The van der Waals surface area contributed by atoms with Gasteiger partial charge in [-0.3, -0.25) is 4.21 Å². The summed E-state index contributed by atoms with van der Waals surface area (Å²) in [5.41, 5.74) is 0. The van der Waals surface area contributed by atoms with Crippen molar-refractivity contribution in [2.75, 3.05) is 0 Å². The third-order valence-electron chi connectivity index (χ3n) is 0.199. The van der Waals surface area contributed by atoms with Gasteiger partial charge in [0.1, 0.15) is 0 Å². The normalized spacial score (nSPS) is 16.0. The van der Waals surface area contributed by atoms with Gasteiger partial charge in [-0.1, -0.05) is 0 Å². The zero-order valence-electron chi connectivity index (χ0n) is 3.36. The van der Waals surface area contributed by atoms with E-state index in [0.717, 1.165) is 0 Å². The van der Waals surface area contributed by atoms with Gasteiger partial charge in [0.2, 0.25) is 0 Å². The fraction of sp³-hybridized carbons (Fsp3) is 1.00. The molecule has 0 aliphatic heterocycles. The Kier molecular flexibility index (Phi) is 5.39. The second-order valence-corrected chi connectivity index (χ2v) is 12.6. The topological polar surface area (TPSA) is 52.2 Å². The molecule has 0 saturated carbocycles. The highest BCUT2D eigenvalue weighted by atomic mass is 127. The Morgan fingerprint density at radius 1 is 1.50 bits per heavy atom. The molecule has 1 atom stereocenters. The molecule has 0 amide bonds. The van der Waals surface area contributed by atoms with Crippen molar-refractivity contribution >= 4 is 79.0 Å². The average molecular weight is 472 g/mol. The van der Waals surface area contributed by atoms with Gasteiger partial charge >= 0.3 is 0 Å². The zero-order chi connectivity index (χ0) is 6.78. The van der Waals surface area contributed by atoms with Crippen LogP contribution in [0.5, 0.6) is 0 Å². The van der Waals surface area contributed by atoms with Crippen molar-refractivity contribution in [2.24, 2.45) is 0 Å². The summed E-state index contributed by atoms with van der Waals surface area (Å²) in [6.07, 6.45) is 0. The van der Waals surface area contributed by atoms with Gasteiger partial charge in [0, 0.05) is 11.3 Å². The highest BCUT2D eigenvalue weighted by Crippen LogP contribution is 2.31. The predicted molar refractivity (Wildman–Crippen MR) is 56.8 cm³/mol. The van der Waals surface area contributed by atoms with Crippen LogP contribution in [0.15, 0.2) is 0 Å². The van der Waals surface area contributed by atoms with Crippen LogP contribution in [0.4, 0.5) is 0 Å². The van der Waals surface area contributed by atoms with Gasteiger partial charge in [-0.2, -0.15) is 0 Å². The maximum atomic E-state index is 9.89. The van der Waals surface area contributed by atoms with E-state index in [-0.39, 0.29) is 0 Å². The molecule has 0 rings (SSSR count). The second kappa shape index (κ2) is 4.20. The third kappa shape index (κ3) is 8.26.